The lowest BCUT2D eigenvalue weighted by atomic mass is 10.1. The average molecular weight is 373 g/mol. The van der Waals surface area contributed by atoms with E-state index in [1.54, 1.807) is 4.90 Å². The van der Waals surface area contributed by atoms with Crippen LogP contribution in [0.1, 0.15) is 17.5 Å². The summed E-state index contributed by atoms with van der Waals surface area (Å²) in [6.45, 7) is 4.27. The fourth-order valence-electron chi connectivity index (χ4n) is 2.21. The number of benzene rings is 2. The van der Waals surface area contributed by atoms with Gasteiger partial charge in [-0.2, -0.15) is 0 Å². The van der Waals surface area contributed by atoms with Crippen molar-refractivity contribution in [1.29, 1.82) is 0 Å². The number of ether oxygens (including phenoxy) is 1. The van der Waals surface area contributed by atoms with E-state index >= 15 is 0 Å². The molecule has 8 heteroatoms. The topological polar surface area (TPSA) is 29.5 Å². The summed E-state index contributed by atoms with van der Waals surface area (Å²) in [6, 6.07) is 9.55. The fourth-order valence-corrected chi connectivity index (χ4v) is 2.21. The van der Waals surface area contributed by atoms with E-state index in [1.165, 1.54) is 12.5 Å². The Bertz CT molecular complexity index is 764. The Morgan fingerprint density at radius 2 is 1.50 bits per heavy atom. The molecule has 1 aliphatic heterocycles. The molecule has 0 aliphatic carbocycles. The molecule has 0 saturated carbocycles. The van der Waals surface area contributed by atoms with Crippen molar-refractivity contribution in [1.82, 2.24) is 0 Å². The van der Waals surface area contributed by atoms with Crippen molar-refractivity contribution >= 4 is 11.6 Å². The van der Waals surface area contributed by atoms with Gasteiger partial charge < -0.3 is 9.64 Å². The first-order valence-corrected chi connectivity index (χ1v) is 7.65. The van der Waals surface area contributed by atoms with Gasteiger partial charge in [-0.25, -0.2) is 8.78 Å². The largest absolute Gasteiger partial charge is 0.573 e. The molecule has 1 fully saturated rings. The third-order valence-electron chi connectivity index (χ3n) is 3.56. The van der Waals surface area contributed by atoms with Crippen LogP contribution < -0.4 is 9.64 Å². The summed E-state index contributed by atoms with van der Waals surface area (Å²) in [5.41, 5.74) is 2.43. The standard InChI is InChI=1S/C10H11NO.C8H5F5O/c1-8-2-4-9(5-3-8)11-7-6-10(11)12;1-4-2-5(9)7(6(10)3-4)14-8(11,12)13/h2-5H,6-7H2,1H3;2-3H,1H3. The van der Waals surface area contributed by atoms with Crippen molar-refractivity contribution in [2.45, 2.75) is 26.6 Å². The third kappa shape index (κ3) is 5.18. The fraction of sp³-hybridized carbons (Fsp3) is 0.278. The second-order valence-corrected chi connectivity index (χ2v) is 5.74. The average Bonchev–Trinajstić information content (AvgIpc) is 2.51. The minimum absolute atomic E-state index is 0.175. The van der Waals surface area contributed by atoms with Crippen molar-refractivity contribution in [2.24, 2.45) is 0 Å². The zero-order valence-corrected chi connectivity index (χ0v) is 14.0. The molecule has 26 heavy (non-hydrogen) atoms. The molecule has 0 aromatic heterocycles. The van der Waals surface area contributed by atoms with Crippen LogP contribution in [0.3, 0.4) is 0 Å². The highest BCUT2D eigenvalue weighted by molar-refractivity contribution is 5.99. The van der Waals surface area contributed by atoms with E-state index in [4.69, 9.17) is 0 Å². The number of alkyl halides is 3. The molecule has 2 aromatic rings. The monoisotopic (exact) mass is 373 g/mol. The summed E-state index contributed by atoms with van der Waals surface area (Å²) >= 11 is 0. The van der Waals surface area contributed by atoms with Crippen LogP contribution in [0.5, 0.6) is 5.75 Å². The van der Waals surface area contributed by atoms with E-state index in [0.29, 0.717) is 6.42 Å². The number of carbonyl (C=O) groups excluding carboxylic acids is 1. The second kappa shape index (κ2) is 7.72. The van der Waals surface area contributed by atoms with Crippen LogP contribution in [-0.2, 0) is 4.79 Å². The van der Waals surface area contributed by atoms with Crippen LogP contribution >= 0.6 is 0 Å². The molecule has 0 atom stereocenters. The predicted octanol–water partition coefficient (Wildman–Crippen LogP) is 4.90. The number of nitrogens with zero attached hydrogens (tertiary/aromatic N) is 1. The maximum Gasteiger partial charge on any atom is 0.573 e. The van der Waals surface area contributed by atoms with Crippen molar-refractivity contribution < 1.29 is 31.5 Å². The minimum atomic E-state index is -5.10. The molecular formula is C18H16F5NO2. The maximum absolute atomic E-state index is 12.8. The van der Waals surface area contributed by atoms with E-state index in [9.17, 15) is 26.7 Å². The summed E-state index contributed by atoms with van der Waals surface area (Å²) in [5.74, 6) is -3.94. The van der Waals surface area contributed by atoms with Crippen molar-refractivity contribution in [3.05, 3.63) is 59.2 Å². The molecule has 0 bridgehead atoms. The SMILES string of the molecule is Cc1cc(F)c(OC(F)(F)F)c(F)c1.Cc1ccc(N2CCC2=O)cc1. The van der Waals surface area contributed by atoms with Crippen LogP contribution in [-0.4, -0.2) is 18.8 Å². The molecule has 0 unspecified atom stereocenters. The van der Waals surface area contributed by atoms with Gasteiger partial charge in [0.05, 0.1) is 0 Å². The first kappa shape index (κ1) is 19.7. The number of halogens is 5. The quantitative estimate of drug-likeness (QED) is 0.553. The van der Waals surface area contributed by atoms with Crippen LogP contribution in [0.2, 0.25) is 0 Å². The Morgan fingerprint density at radius 3 is 1.88 bits per heavy atom. The van der Waals surface area contributed by atoms with Gasteiger partial charge in [0.1, 0.15) is 0 Å². The molecule has 3 rings (SSSR count). The van der Waals surface area contributed by atoms with Gasteiger partial charge in [-0.3, -0.25) is 4.79 Å². The third-order valence-corrected chi connectivity index (χ3v) is 3.56. The van der Waals surface area contributed by atoms with Gasteiger partial charge in [0.15, 0.2) is 11.6 Å². The molecule has 0 spiro atoms. The molecule has 0 N–H and O–H groups in total. The summed E-state index contributed by atoms with van der Waals surface area (Å²) in [5, 5.41) is 0. The van der Waals surface area contributed by atoms with E-state index in [0.717, 1.165) is 24.4 Å². The highest BCUT2D eigenvalue weighted by Crippen LogP contribution is 2.29. The predicted molar refractivity (Wildman–Crippen MR) is 85.9 cm³/mol. The summed E-state index contributed by atoms with van der Waals surface area (Å²) < 4.78 is 63.7. The molecule has 1 aliphatic rings. The van der Waals surface area contributed by atoms with Crippen molar-refractivity contribution in [2.75, 3.05) is 11.4 Å². The van der Waals surface area contributed by atoms with Crippen LogP contribution in [0.15, 0.2) is 36.4 Å². The van der Waals surface area contributed by atoms with Crippen LogP contribution in [0.25, 0.3) is 0 Å². The Kier molecular flexibility index (Phi) is 5.84. The van der Waals surface area contributed by atoms with E-state index in [1.807, 2.05) is 31.2 Å². The lowest BCUT2D eigenvalue weighted by molar-refractivity contribution is -0.276. The number of β-lactam (4-membered cyclic amide) rings is 1. The van der Waals surface area contributed by atoms with E-state index in [2.05, 4.69) is 4.74 Å². The molecule has 1 amide bonds. The molecule has 2 aromatic carbocycles. The molecule has 140 valence electrons. The van der Waals surface area contributed by atoms with Gasteiger partial charge >= 0.3 is 6.36 Å². The van der Waals surface area contributed by atoms with Gasteiger partial charge in [-0.15, -0.1) is 13.2 Å². The molecule has 0 radical (unpaired) electrons. The number of amides is 1. The summed E-state index contributed by atoms with van der Waals surface area (Å²) in [4.78, 5) is 12.8. The van der Waals surface area contributed by atoms with Gasteiger partial charge in [0, 0.05) is 18.7 Å². The molecular weight excluding hydrogens is 357 g/mol. The number of carbonyl (C=O) groups is 1. The zero-order chi connectivity index (χ0) is 19.5. The lowest BCUT2D eigenvalue weighted by Crippen LogP contribution is -2.43. The Morgan fingerprint density at radius 1 is 0.962 bits per heavy atom. The second-order valence-electron chi connectivity index (χ2n) is 5.74. The normalized spacial score (nSPS) is 13.7. The Balaban J connectivity index is 0.000000189. The van der Waals surface area contributed by atoms with E-state index < -0.39 is 23.7 Å². The Labute approximate surface area is 147 Å². The van der Waals surface area contributed by atoms with Gasteiger partial charge in [-0.05, 0) is 43.7 Å². The summed E-state index contributed by atoms with van der Waals surface area (Å²) in [6.07, 6.45) is -4.40. The van der Waals surface area contributed by atoms with Gasteiger partial charge in [0.25, 0.3) is 0 Å². The Hall–Kier alpha value is -2.64. The van der Waals surface area contributed by atoms with Crippen molar-refractivity contribution in [3.63, 3.8) is 0 Å². The molecule has 3 nitrogen and oxygen atoms in total. The smallest absolute Gasteiger partial charge is 0.399 e. The first-order chi connectivity index (χ1) is 12.1. The number of hydrogen-bond donors (Lipinski definition) is 0. The molecule has 1 saturated heterocycles. The highest BCUT2D eigenvalue weighted by Gasteiger charge is 2.34. The van der Waals surface area contributed by atoms with E-state index in [-0.39, 0.29) is 11.5 Å². The first-order valence-electron chi connectivity index (χ1n) is 7.65. The minimum Gasteiger partial charge on any atom is -0.399 e. The number of anilines is 1. The van der Waals surface area contributed by atoms with Gasteiger partial charge in [-0.1, -0.05) is 17.7 Å². The number of aryl methyl sites for hydroxylation is 2. The lowest BCUT2D eigenvalue weighted by Gasteiger charge is -2.30. The van der Waals surface area contributed by atoms with Gasteiger partial charge in [0.2, 0.25) is 11.7 Å². The maximum atomic E-state index is 12.8. The van der Waals surface area contributed by atoms with Crippen molar-refractivity contribution in [3.8, 4) is 5.75 Å². The molecule has 1 heterocycles. The number of hydrogen-bond acceptors (Lipinski definition) is 2. The van der Waals surface area contributed by atoms with Crippen LogP contribution in [0.4, 0.5) is 27.6 Å². The zero-order valence-electron chi connectivity index (χ0n) is 14.0. The summed E-state index contributed by atoms with van der Waals surface area (Å²) in [7, 11) is 0. The highest BCUT2D eigenvalue weighted by atomic mass is 19.4. The number of rotatable bonds is 2. The van der Waals surface area contributed by atoms with Crippen LogP contribution in [0, 0.1) is 25.5 Å².